The van der Waals surface area contributed by atoms with Crippen LogP contribution in [0.4, 0.5) is 0 Å². The predicted molar refractivity (Wildman–Crippen MR) is 83.0 cm³/mol. The molecule has 3 rings (SSSR count). The highest BCUT2D eigenvalue weighted by molar-refractivity contribution is 6.07. The predicted octanol–water partition coefficient (Wildman–Crippen LogP) is 2.48. The van der Waals surface area contributed by atoms with Crippen LogP contribution in [0.25, 0.3) is 0 Å². The standard InChI is InChI=1S/C17H15N3O2/c1-11(14-9-10-16(21)20-19-14)13-7-8-15(18-13)17(22)12-5-3-2-4-6-12/h2-11,18H,1H3,(H,20,21). The molecule has 0 fully saturated rings. The Morgan fingerprint density at radius 2 is 1.82 bits per heavy atom. The van der Waals surface area contributed by atoms with Gasteiger partial charge in [-0.1, -0.05) is 37.3 Å². The van der Waals surface area contributed by atoms with Crippen molar-refractivity contribution in [1.29, 1.82) is 0 Å². The van der Waals surface area contributed by atoms with Gasteiger partial charge in [-0.15, -0.1) is 0 Å². The minimum atomic E-state index is -0.234. The minimum absolute atomic E-state index is 0.0471. The first-order chi connectivity index (χ1) is 10.6. The Morgan fingerprint density at radius 1 is 1.05 bits per heavy atom. The highest BCUT2D eigenvalue weighted by Gasteiger charge is 2.15. The van der Waals surface area contributed by atoms with Gasteiger partial charge in [0.2, 0.25) is 5.78 Å². The average molecular weight is 293 g/mol. The van der Waals surface area contributed by atoms with Crippen molar-refractivity contribution < 1.29 is 4.79 Å². The van der Waals surface area contributed by atoms with Gasteiger partial charge < -0.3 is 4.98 Å². The first-order valence-corrected chi connectivity index (χ1v) is 6.99. The number of aromatic amines is 2. The van der Waals surface area contributed by atoms with Crippen molar-refractivity contribution >= 4 is 5.78 Å². The molecule has 2 N–H and O–H groups in total. The van der Waals surface area contributed by atoms with E-state index in [0.29, 0.717) is 11.3 Å². The zero-order valence-corrected chi connectivity index (χ0v) is 12.0. The van der Waals surface area contributed by atoms with Gasteiger partial charge in [-0.3, -0.25) is 9.59 Å². The SMILES string of the molecule is CC(c1ccc(=O)[nH]n1)c1ccc(C(=O)c2ccccc2)[nH]1. The zero-order valence-electron chi connectivity index (χ0n) is 12.0. The van der Waals surface area contributed by atoms with Gasteiger partial charge in [0.15, 0.2) is 0 Å². The van der Waals surface area contributed by atoms with Crippen LogP contribution in [-0.4, -0.2) is 21.0 Å². The van der Waals surface area contributed by atoms with Gasteiger partial charge >= 0.3 is 0 Å². The van der Waals surface area contributed by atoms with Crippen LogP contribution in [-0.2, 0) is 0 Å². The van der Waals surface area contributed by atoms with Crippen LogP contribution >= 0.6 is 0 Å². The Morgan fingerprint density at radius 3 is 2.50 bits per heavy atom. The van der Waals surface area contributed by atoms with E-state index in [-0.39, 0.29) is 17.3 Å². The highest BCUT2D eigenvalue weighted by atomic mass is 16.1. The summed E-state index contributed by atoms with van der Waals surface area (Å²) in [6.07, 6.45) is 0. The van der Waals surface area contributed by atoms with E-state index in [1.807, 2.05) is 31.2 Å². The monoisotopic (exact) mass is 293 g/mol. The summed E-state index contributed by atoms with van der Waals surface area (Å²) in [6.45, 7) is 1.96. The second-order valence-corrected chi connectivity index (χ2v) is 5.09. The molecule has 0 aliphatic heterocycles. The van der Waals surface area contributed by atoms with Gasteiger partial charge in [-0.2, -0.15) is 5.10 Å². The van der Waals surface area contributed by atoms with Gasteiger partial charge in [-0.25, -0.2) is 5.10 Å². The maximum Gasteiger partial charge on any atom is 0.264 e. The summed E-state index contributed by atoms with van der Waals surface area (Å²) >= 11 is 0. The van der Waals surface area contributed by atoms with E-state index in [1.54, 1.807) is 24.3 Å². The Bertz CT molecular complexity index is 829. The lowest BCUT2D eigenvalue weighted by molar-refractivity contribution is 0.103. The Kier molecular flexibility index (Phi) is 3.70. The van der Waals surface area contributed by atoms with Gasteiger partial charge in [0, 0.05) is 23.2 Å². The zero-order chi connectivity index (χ0) is 15.5. The summed E-state index contributed by atoms with van der Waals surface area (Å²) in [5.41, 5.74) is 2.56. The lowest BCUT2D eigenvalue weighted by Gasteiger charge is -2.08. The Balaban J connectivity index is 1.86. The molecule has 5 heteroatoms. The number of hydrogen-bond acceptors (Lipinski definition) is 3. The molecule has 0 bridgehead atoms. The lowest BCUT2D eigenvalue weighted by Crippen LogP contribution is -2.10. The van der Waals surface area contributed by atoms with Crippen molar-refractivity contribution in [2.45, 2.75) is 12.8 Å². The molecule has 1 unspecified atom stereocenters. The lowest BCUT2D eigenvalue weighted by atomic mass is 10.0. The van der Waals surface area contributed by atoms with Crippen molar-refractivity contribution in [3.05, 3.63) is 87.6 Å². The van der Waals surface area contributed by atoms with E-state index in [0.717, 1.165) is 11.4 Å². The van der Waals surface area contributed by atoms with Crippen molar-refractivity contribution in [2.75, 3.05) is 0 Å². The second-order valence-electron chi connectivity index (χ2n) is 5.09. The molecule has 5 nitrogen and oxygen atoms in total. The van der Waals surface area contributed by atoms with Crippen LogP contribution < -0.4 is 5.56 Å². The number of ketones is 1. The summed E-state index contributed by atoms with van der Waals surface area (Å²) in [5, 5.41) is 6.44. The molecule has 22 heavy (non-hydrogen) atoms. The van der Waals surface area contributed by atoms with E-state index in [2.05, 4.69) is 15.2 Å². The van der Waals surface area contributed by atoms with Crippen molar-refractivity contribution in [1.82, 2.24) is 15.2 Å². The molecule has 0 radical (unpaired) electrons. The highest BCUT2D eigenvalue weighted by Crippen LogP contribution is 2.21. The average Bonchev–Trinajstić information content (AvgIpc) is 3.05. The number of carbonyl (C=O) groups is 1. The summed E-state index contributed by atoms with van der Waals surface area (Å²) in [6, 6.07) is 15.9. The van der Waals surface area contributed by atoms with Crippen LogP contribution in [0.2, 0.25) is 0 Å². The first kappa shape index (κ1) is 14.0. The van der Waals surface area contributed by atoms with Gasteiger partial charge in [0.05, 0.1) is 11.4 Å². The third kappa shape index (κ3) is 2.74. The van der Waals surface area contributed by atoms with E-state index < -0.39 is 0 Å². The Labute approximate surface area is 127 Å². The largest absolute Gasteiger partial charge is 0.355 e. The number of aromatic nitrogens is 3. The number of rotatable bonds is 4. The van der Waals surface area contributed by atoms with Crippen LogP contribution in [0.15, 0.2) is 59.4 Å². The molecule has 3 aromatic rings. The quantitative estimate of drug-likeness (QED) is 0.725. The molecule has 2 heterocycles. The third-order valence-electron chi connectivity index (χ3n) is 3.60. The smallest absolute Gasteiger partial charge is 0.264 e. The number of hydrogen-bond donors (Lipinski definition) is 2. The van der Waals surface area contributed by atoms with E-state index in [9.17, 15) is 9.59 Å². The van der Waals surface area contributed by atoms with Crippen LogP contribution in [0.5, 0.6) is 0 Å². The van der Waals surface area contributed by atoms with E-state index in [4.69, 9.17) is 0 Å². The molecule has 2 aromatic heterocycles. The maximum atomic E-state index is 12.4. The van der Waals surface area contributed by atoms with Crippen LogP contribution in [0, 0.1) is 0 Å². The molecule has 1 atom stereocenters. The second kappa shape index (κ2) is 5.81. The number of nitrogens with one attached hydrogen (secondary N) is 2. The fraction of sp³-hybridized carbons (Fsp3) is 0.118. The van der Waals surface area contributed by atoms with Crippen molar-refractivity contribution in [2.24, 2.45) is 0 Å². The number of nitrogens with zero attached hydrogens (tertiary/aromatic N) is 1. The van der Waals surface area contributed by atoms with Gasteiger partial charge in [-0.05, 0) is 18.2 Å². The van der Waals surface area contributed by atoms with Gasteiger partial charge in [0.25, 0.3) is 5.56 Å². The summed E-state index contributed by atoms with van der Waals surface area (Å²) < 4.78 is 0. The molecule has 0 aliphatic rings. The summed E-state index contributed by atoms with van der Waals surface area (Å²) in [4.78, 5) is 26.6. The molecule has 0 saturated carbocycles. The number of carbonyl (C=O) groups excluding carboxylic acids is 1. The third-order valence-corrected chi connectivity index (χ3v) is 3.60. The number of benzene rings is 1. The Hall–Kier alpha value is -2.95. The maximum absolute atomic E-state index is 12.4. The van der Waals surface area contributed by atoms with Crippen molar-refractivity contribution in [3.63, 3.8) is 0 Å². The number of H-pyrrole nitrogens is 2. The fourth-order valence-electron chi connectivity index (χ4n) is 2.30. The van der Waals surface area contributed by atoms with E-state index >= 15 is 0 Å². The van der Waals surface area contributed by atoms with Crippen molar-refractivity contribution in [3.8, 4) is 0 Å². The van der Waals surface area contributed by atoms with Gasteiger partial charge in [0.1, 0.15) is 0 Å². The molecule has 0 aliphatic carbocycles. The minimum Gasteiger partial charge on any atom is -0.355 e. The molecular formula is C17H15N3O2. The topological polar surface area (TPSA) is 78.6 Å². The first-order valence-electron chi connectivity index (χ1n) is 6.99. The normalized spacial score (nSPS) is 12.0. The summed E-state index contributed by atoms with van der Waals surface area (Å²) in [5.74, 6) is -0.0948. The molecule has 0 spiro atoms. The summed E-state index contributed by atoms with van der Waals surface area (Å²) in [7, 11) is 0. The molecule has 0 saturated heterocycles. The van der Waals surface area contributed by atoms with Crippen LogP contribution in [0.3, 0.4) is 0 Å². The molecule has 1 aromatic carbocycles. The molecule has 110 valence electrons. The fourth-order valence-corrected chi connectivity index (χ4v) is 2.30. The van der Waals surface area contributed by atoms with E-state index in [1.165, 1.54) is 6.07 Å². The molecule has 0 amide bonds. The van der Waals surface area contributed by atoms with Crippen LogP contribution in [0.1, 0.15) is 40.3 Å². The molecular weight excluding hydrogens is 278 g/mol.